The second kappa shape index (κ2) is 5.26. The lowest BCUT2D eigenvalue weighted by molar-refractivity contribution is 0.307. The van der Waals surface area contributed by atoms with Gasteiger partial charge in [0.25, 0.3) is 0 Å². The van der Waals surface area contributed by atoms with Crippen LogP contribution in [-0.2, 0) is 19.5 Å². The molecule has 0 saturated heterocycles. The standard InChI is InChI=1S/C18H20N4/c1-21-9-8-17-16(12-21)18(13-6-7-13)20-22(17)11-15-5-3-2-4-14(15)10-19/h2-5,13H,6-9,11-12H2,1H3. The van der Waals surface area contributed by atoms with Crippen LogP contribution in [0.5, 0.6) is 0 Å². The first-order chi connectivity index (χ1) is 10.8. The number of benzene rings is 1. The summed E-state index contributed by atoms with van der Waals surface area (Å²) in [6, 6.07) is 10.1. The second-order valence-corrected chi connectivity index (χ2v) is 6.50. The van der Waals surface area contributed by atoms with Gasteiger partial charge >= 0.3 is 0 Å². The van der Waals surface area contributed by atoms with Gasteiger partial charge in [-0.25, -0.2) is 0 Å². The molecule has 4 nitrogen and oxygen atoms in total. The van der Waals surface area contributed by atoms with Gasteiger partial charge in [-0.3, -0.25) is 4.68 Å². The van der Waals surface area contributed by atoms with E-state index in [2.05, 4.69) is 22.7 Å². The Morgan fingerprint density at radius 3 is 2.91 bits per heavy atom. The topological polar surface area (TPSA) is 44.9 Å². The predicted molar refractivity (Wildman–Crippen MR) is 84.5 cm³/mol. The molecule has 4 rings (SSSR count). The van der Waals surface area contributed by atoms with E-state index in [-0.39, 0.29) is 0 Å². The number of nitriles is 1. The molecule has 4 heteroatoms. The van der Waals surface area contributed by atoms with E-state index in [1.807, 2.05) is 24.3 Å². The Balaban J connectivity index is 1.73. The van der Waals surface area contributed by atoms with E-state index in [9.17, 15) is 5.26 Å². The van der Waals surface area contributed by atoms with Gasteiger partial charge in [-0.15, -0.1) is 0 Å². The second-order valence-electron chi connectivity index (χ2n) is 6.50. The average molecular weight is 292 g/mol. The zero-order valence-electron chi connectivity index (χ0n) is 12.9. The Morgan fingerprint density at radius 2 is 2.14 bits per heavy atom. The monoisotopic (exact) mass is 292 g/mol. The van der Waals surface area contributed by atoms with Crippen molar-refractivity contribution in [3.63, 3.8) is 0 Å². The van der Waals surface area contributed by atoms with Crippen LogP contribution in [0.2, 0.25) is 0 Å². The molecule has 1 aliphatic heterocycles. The molecule has 2 heterocycles. The van der Waals surface area contributed by atoms with Crippen LogP contribution in [0.25, 0.3) is 0 Å². The van der Waals surface area contributed by atoms with E-state index in [4.69, 9.17) is 5.10 Å². The molecular weight excluding hydrogens is 272 g/mol. The maximum Gasteiger partial charge on any atom is 0.0995 e. The first-order valence-corrected chi connectivity index (χ1v) is 8.01. The molecule has 1 aromatic heterocycles. The van der Waals surface area contributed by atoms with E-state index >= 15 is 0 Å². The minimum Gasteiger partial charge on any atom is -0.302 e. The third-order valence-corrected chi connectivity index (χ3v) is 4.78. The first-order valence-electron chi connectivity index (χ1n) is 8.01. The quantitative estimate of drug-likeness (QED) is 0.873. The molecule has 0 spiro atoms. The third-order valence-electron chi connectivity index (χ3n) is 4.78. The summed E-state index contributed by atoms with van der Waals surface area (Å²) < 4.78 is 2.16. The van der Waals surface area contributed by atoms with Crippen molar-refractivity contribution < 1.29 is 0 Å². The van der Waals surface area contributed by atoms with E-state index in [1.165, 1.54) is 29.8 Å². The van der Waals surface area contributed by atoms with Crippen LogP contribution in [0, 0.1) is 11.3 Å². The van der Waals surface area contributed by atoms with Crippen LogP contribution < -0.4 is 0 Å². The molecule has 1 aromatic carbocycles. The Morgan fingerprint density at radius 1 is 1.32 bits per heavy atom. The van der Waals surface area contributed by atoms with Gasteiger partial charge in [0.2, 0.25) is 0 Å². The van der Waals surface area contributed by atoms with Crippen molar-refractivity contribution in [2.24, 2.45) is 0 Å². The van der Waals surface area contributed by atoms with Crippen molar-refractivity contribution in [2.45, 2.75) is 38.3 Å². The lowest BCUT2D eigenvalue weighted by atomic mass is 10.0. The Hall–Kier alpha value is -2.12. The van der Waals surface area contributed by atoms with Gasteiger partial charge in [0.15, 0.2) is 0 Å². The highest BCUT2D eigenvalue weighted by atomic mass is 15.3. The molecule has 0 unspecified atom stereocenters. The van der Waals surface area contributed by atoms with Crippen molar-refractivity contribution in [3.8, 4) is 6.07 Å². The Labute approximate surface area is 131 Å². The first kappa shape index (κ1) is 13.5. The van der Waals surface area contributed by atoms with Crippen LogP contribution >= 0.6 is 0 Å². The summed E-state index contributed by atoms with van der Waals surface area (Å²) in [6.45, 7) is 2.81. The molecule has 1 aliphatic carbocycles. The predicted octanol–water partition coefficient (Wildman–Crippen LogP) is 2.67. The zero-order chi connectivity index (χ0) is 15.1. The van der Waals surface area contributed by atoms with Crippen molar-refractivity contribution in [1.82, 2.24) is 14.7 Å². The number of likely N-dealkylation sites (N-methyl/N-ethyl adjacent to an activating group) is 1. The number of fused-ring (bicyclic) bond motifs is 1. The smallest absolute Gasteiger partial charge is 0.0995 e. The van der Waals surface area contributed by atoms with Crippen molar-refractivity contribution >= 4 is 0 Å². The summed E-state index contributed by atoms with van der Waals surface area (Å²) in [5.74, 6) is 0.674. The summed E-state index contributed by atoms with van der Waals surface area (Å²) >= 11 is 0. The summed E-state index contributed by atoms with van der Waals surface area (Å²) in [5.41, 5.74) is 5.97. The molecule has 0 radical (unpaired) electrons. The highest BCUT2D eigenvalue weighted by molar-refractivity contribution is 5.39. The molecule has 1 fully saturated rings. The number of aromatic nitrogens is 2. The highest BCUT2D eigenvalue weighted by Crippen LogP contribution is 2.42. The van der Waals surface area contributed by atoms with E-state index in [0.717, 1.165) is 30.6 Å². The molecule has 1 saturated carbocycles. The SMILES string of the molecule is CN1CCc2c(c(C3CC3)nn2Cc2ccccc2C#N)C1. The normalized spacial score (nSPS) is 18.0. The van der Waals surface area contributed by atoms with E-state index < -0.39 is 0 Å². The number of hydrogen-bond acceptors (Lipinski definition) is 3. The van der Waals surface area contributed by atoms with Gasteiger partial charge in [-0.1, -0.05) is 18.2 Å². The highest BCUT2D eigenvalue weighted by Gasteiger charge is 2.33. The Kier molecular flexibility index (Phi) is 3.24. The maximum atomic E-state index is 9.29. The van der Waals surface area contributed by atoms with Crippen molar-refractivity contribution in [1.29, 1.82) is 5.26 Å². The fourth-order valence-electron chi connectivity index (χ4n) is 3.40. The lowest BCUT2D eigenvalue weighted by Crippen LogP contribution is -2.27. The largest absolute Gasteiger partial charge is 0.302 e. The zero-order valence-corrected chi connectivity index (χ0v) is 12.9. The molecule has 112 valence electrons. The van der Waals surface area contributed by atoms with Gasteiger partial charge in [0.1, 0.15) is 0 Å². The summed E-state index contributed by atoms with van der Waals surface area (Å²) in [7, 11) is 2.18. The van der Waals surface area contributed by atoms with Gasteiger partial charge in [-0.05, 0) is 31.5 Å². The van der Waals surface area contributed by atoms with E-state index in [0.29, 0.717) is 12.5 Å². The summed E-state index contributed by atoms with van der Waals surface area (Å²) in [6.07, 6.45) is 3.62. The van der Waals surface area contributed by atoms with Crippen molar-refractivity contribution in [3.05, 3.63) is 52.3 Å². The van der Waals surface area contributed by atoms with Gasteiger partial charge < -0.3 is 4.90 Å². The third kappa shape index (κ3) is 2.32. The molecule has 2 aliphatic rings. The van der Waals surface area contributed by atoms with E-state index in [1.54, 1.807) is 0 Å². The Bertz CT molecular complexity index is 749. The van der Waals surface area contributed by atoms with Crippen LogP contribution in [0.15, 0.2) is 24.3 Å². The fourth-order valence-corrected chi connectivity index (χ4v) is 3.40. The average Bonchev–Trinajstić information content (AvgIpc) is 3.32. The van der Waals surface area contributed by atoms with Crippen LogP contribution in [0.4, 0.5) is 0 Å². The summed E-state index contributed by atoms with van der Waals surface area (Å²) in [5, 5.41) is 14.2. The molecule has 22 heavy (non-hydrogen) atoms. The minimum atomic E-state index is 0.674. The van der Waals surface area contributed by atoms with Crippen LogP contribution in [0.1, 0.15) is 46.8 Å². The summed E-state index contributed by atoms with van der Waals surface area (Å²) in [4.78, 5) is 2.38. The molecule has 0 bridgehead atoms. The van der Waals surface area contributed by atoms with Crippen molar-refractivity contribution in [2.75, 3.05) is 13.6 Å². The molecule has 0 atom stereocenters. The minimum absolute atomic E-state index is 0.674. The molecular formula is C18H20N4. The van der Waals surface area contributed by atoms with Crippen LogP contribution in [-0.4, -0.2) is 28.3 Å². The molecule has 0 N–H and O–H groups in total. The number of rotatable bonds is 3. The molecule has 2 aromatic rings. The fraction of sp³-hybridized carbons (Fsp3) is 0.444. The van der Waals surface area contributed by atoms with Gasteiger partial charge in [0, 0.05) is 36.7 Å². The molecule has 0 amide bonds. The lowest BCUT2D eigenvalue weighted by Gasteiger charge is -2.23. The number of nitrogens with zero attached hydrogens (tertiary/aromatic N) is 4. The van der Waals surface area contributed by atoms with Gasteiger partial charge in [-0.2, -0.15) is 10.4 Å². The van der Waals surface area contributed by atoms with Crippen LogP contribution in [0.3, 0.4) is 0 Å². The number of hydrogen-bond donors (Lipinski definition) is 0. The maximum absolute atomic E-state index is 9.29. The van der Waals surface area contributed by atoms with Gasteiger partial charge in [0.05, 0.1) is 23.9 Å².